The second kappa shape index (κ2) is 10.9. The fraction of sp³-hybridized carbons (Fsp3) is 0.600. The number of carbonyl (C=O) groups excluding carboxylic acids is 2. The molecule has 30 heavy (non-hydrogen) atoms. The first-order valence-electron chi connectivity index (χ1n) is 8.63. The lowest BCUT2D eigenvalue weighted by atomic mass is 10.2. The largest absolute Gasteiger partial charge is 0.480 e. The van der Waals surface area contributed by atoms with E-state index in [1.54, 1.807) is 0 Å². The van der Waals surface area contributed by atoms with Gasteiger partial charge in [-0.1, -0.05) is 0 Å². The first-order chi connectivity index (χ1) is 13.9. The van der Waals surface area contributed by atoms with Crippen LogP contribution in [0.2, 0.25) is 0 Å². The summed E-state index contributed by atoms with van der Waals surface area (Å²) in [6.07, 6.45) is -2.12. The van der Waals surface area contributed by atoms with Crippen LogP contribution in [0.3, 0.4) is 0 Å². The van der Waals surface area contributed by atoms with Crippen LogP contribution in [-0.4, -0.2) is 85.3 Å². The maximum absolute atomic E-state index is 11.7. The van der Waals surface area contributed by atoms with Crippen molar-refractivity contribution in [2.75, 3.05) is 11.4 Å². The molecule has 3 amide bonds. The van der Waals surface area contributed by atoms with Crippen molar-refractivity contribution in [1.82, 2.24) is 20.8 Å². The summed E-state index contributed by atoms with van der Waals surface area (Å²) in [5, 5.41) is 44.9. The van der Waals surface area contributed by atoms with Gasteiger partial charge in [0.1, 0.15) is 6.04 Å². The summed E-state index contributed by atoms with van der Waals surface area (Å²) < 4.78 is 4.91. The van der Waals surface area contributed by atoms with Gasteiger partial charge in [0.2, 0.25) is 11.8 Å². The number of nitrogens with one attached hydrogen (secondary N) is 2. The number of aliphatic carboxylic acids is 2. The second-order valence-electron chi connectivity index (χ2n) is 6.38. The summed E-state index contributed by atoms with van der Waals surface area (Å²) >= 11 is 0. The predicted octanol–water partition coefficient (Wildman–Crippen LogP) is -2.78. The zero-order valence-electron chi connectivity index (χ0n) is 16.2. The molecule has 15 nitrogen and oxygen atoms in total. The highest BCUT2D eigenvalue weighted by molar-refractivity contribution is 5.82. The zero-order valence-corrected chi connectivity index (χ0v) is 16.2. The molecule has 0 radical (unpaired) electrons. The highest BCUT2D eigenvalue weighted by Gasteiger charge is 2.38. The van der Waals surface area contributed by atoms with Crippen LogP contribution < -0.4 is 21.3 Å². The van der Waals surface area contributed by atoms with Crippen molar-refractivity contribution in [1.29, 1.82) is 0 Å². The summed E-state index contributed by atoms with van der Waals surface area (Å²) in [4.78, 5) is 48.2. The Bertz CT molecular complexity index is 764. The van der Waals surface area contributed by atoms with E-state index in [1.807, 2.05) is 0 Å². The van der Waals surface area contributed by atoms with Gasteiger partial charge in [-0.15, -0.1) is 0 Å². The monoisotopic (exact) mass is 432 g/mol. The average molecular weight is 432 g/mol. The number of hydrogen-bond acceptors (Lipinski definition) is 10. The van der Waals surface area contributed by atoms with Gasteiger partial charge < -0.3 is 46.2 Å². The predicted molar refractivity (Wildman–Crippen MR) is 97.0 cm³/mol. The molecular formula is C15H24N6O9. The molecule has 1 aliphatic heterocycles. The van der Waals surface area contributed by atoms with Gasteiger partial charge in [-0.2, -0.15) is 4.98 Å². The summed E-state index contributed by atoms with van der Waals surface area (Å²) in [7, 11) is 0. The lowest BCUT2D eigenvalue weighted by molar-refractivity contribution is -0.142. The van der Waals surface area contributed by atoms with E-state index in [2.05, 4.69) is 26.5 Å². The summed E-state index contributed by atoms with van der Waals surface area (Å²) in [6.45, 7) is 2.30. The number of carboxylic acids is 2. The molecule has 4 unspecified atom stereocenters. The Morgan fingerprint density at radius 3 is 2.43 bits per heavy atom. The Kier molecular flexibility index (Phi) is 8.94. The number of nitrogens with two attached hydrogens (primary N) is 1. The third-order valence-corrected chi connectivity index (χ3v) is 3.71. The maximum atomic E-state index is 11.7. The smallest absolute Gasteiger partial charge is 0.328 e. The molecule has 0 aliphatic carbocycles. The Labute approximate surface area is 169 Å². The molecule has 4 atom stereocenters. The van der Waals surface area contributed by atoms with Crippen molar-refractivity contribution >= 4 is 29.8 Å². The van der Waals surface area contributed by atoms with E-state index >= 15 is 0 Å². The Hall–Kier alpha value is -3.46. The fourth-order valence-corrected chi connectivity index (χ4v) is 2.44. The molecule has 1 aliphatic rings. The molecule has 0 aromatic carbocycles. The van der Waals surface area contributed by atoms with Gasteiger partial charge in [0.25, 0.3) is 5.95 Å². The van der Waals surface area contributed by atoms with Gasteiger partial charge in [0.15, 0.2) is 6.04 Å². The molecule has 168 valence electrons. The van der Waals surface area contributed by atoms with E-state index in [-0.39, 0.29) is 37.3 Å². The molecule has 1 saturated heterocycles. The minimum absolute atomic E-state index is 0.0236. The third-order valence-electron chi connectivity index (χ3n) is 3.71. The molecule has 2 rings (SSSR count). The number of carboxylic acid groups (broad SMARTS) is 2. The average Bonchev–Trinajstić information content (AvgIpc) is 3.23. The van der Waals surface area contributed by atoms with E-state index in [1.165, 1.54) is 18.7 Å². The lowest BCUT2D eigenvalue weighted by Gasteiger charge is -2.18. The highest BCUT2D eigenvalue weighted by atomic mass is 16.5. The first-order valence-corrected chi connectivity index (χ1v) is 8.63. The molecule has 8 N–H and O–H groups in total. The lowest BCUT2D eigenvalue weighted by Crippen LogP contribution is -2.51. The molecular weight excluding hydrogens is 408 g/mol. The standard InChI is InChI=1S/C13H19N5O8.C2H5NO/c1-5(19)9(11(23)24)16-13(25)14-3-8-15-12(17-26-8)18-4-6(20)2-7(18)10(21)22;1-2(3)4/h5-7,9,19-20H,2-4H2,1H3,(H,21,22)(H,23,24)(H2,14,16,25);1H3,(H2,3,4). The fourth-order valence-electron chi connectivity index (χ4n) is 2.44. The van der Waals surface area contributed by atoms with Crippen LogP contribution in [-0.2, 0) is 20.9 Å². The van der Waals surface area contributed by atoms with Crippen molar-refractivity contribution < 1.29 is 44.1 Å². The van der Waals surface area contributed by atoms with Gasteiger partial charge in [-0.05, 0) is 12.1 Å². The van der Waals surface area contributed by atoms with E-state index in [9.17, 15) is 29.4 Å². The van der Waals surface area contributed by atoms with Crippen molar-refractivity contribution in [2.45, 2.75) is 51.1 Å². The molecule has 1 aromatic heterocycles. The summed E-state index contributed by atoms with van der Waals surface area (Å²) in [6, 6.07) is -3.36. The first kappa shape index (κ1) is 24.6. The number of amides is 3. The minimum atomic E-state index is -1.49. The Morgan fingerprint density at radius 1 is 1.33 bits per heavy atom. The van der Waals surface area contributed by atoms with Crippen LogP contribution in [0, 0.1) is 0 Å². The maximum Gasteiger partial charge on any atom is 0.328 e. The van der Waals surface area contributed by atoms with E-state index in [4.69, 9.17) is 14.7 Å². The van der Waals surface area contributed by atoms with E-state index < -0.39 is 42.3 Å². The third kappa shape index (κ3) is 7.51. The summed E-state index contributed by atoms with van der Waals surface area (Å²) in [5.41, 5.74) is 4.47. The van der Waals surface area contributed by atoms with Gasteiger partial charge in [-0.3, -0.25) is 4.79 Å². The number of aromatic nitrogens is 2. The normalized spacial score (nSPS) is 19.8. The molecule has 15 heteroatoms. The molecule has 2 heterocycles. The minimum Gasteiger partial charge on any atom is -0.480 e. The number of aliphatic hydroxyl groups excluding tert-OH is 2. The number of carbonyl (C=O) groups is 4. The Morgan fingerprint density at radius 2 is 1.93 bits per heavy atom. The number of anilines is 1. The van der Waals surface area contributed by atoms with E-state index in [0.717, 1.165) is 0 Å². The number of nitrogens with zero attached hydrogens (tertiary/aromatic N) is 3. The topological polar surface area (TPSA) is 241 Å². The number of urea groups is 1. The van der Waals surface area contributed by atoms with Crippen LogP contribution in [0.1, 0.15) is 26.2 Å². The molecule has 0 spiro atoms. The van der Waals surface area contributed by atoms with Crippen LogP contribution in [0.5, 0.6) is 0 Å². The number of hydrogen-bond donors (Lipinski definition) is 7. The highest BCUT2D eigenvalue weighted by Crippen LogP contribution is 2.23. The van der Waals surface area contributed by atoms with E-state index in [0.29, 0.717) is 0 Å². The van der Waals surface area contributed by atoms with Crippen LogP contribution in [0.4, 0.5) is 10.7 Å². The van der Waals surface area contributed by atoms with Crippen molar-refractivity contribution in [3.05, 3.63) is 5.89 Å². The second-order valence-corrected chi connectivity index (χ2v) is 6.38. The molecule has 0 saturated carbocycles. The van der Waals surface area contributed by atoms with Crippen LogP contribution >= 0.6 is 0 Å². The van der Waals surface area contributed by atoms with Gasteiger partial charge in [0.05, 0.1) is 18.8 Å². The molecule has 1 aromatic rings. The number of rotatable bonds is 7. The van der Waals surface area contributed by atoms with Crippen molar-refractivity contribution in [2.24, 2.45) is 5.73 Å². The Balaban J connectivity index is 0.00000103. The zero-order chi connectivity index (χ0) is 23.0. The molecule has 1 fully saturated rings. The van der Waals surface area contributed by atoms with Crippen molar-refractivity contribution in [3.8, 4) is 0 Å². The van der Waals surface area contributed by atoms with Crippen LogP contribution in [0.25, 0.3) is 0 Å². The summed E-state index contributed by atoms with van der Waals surface area (Å²) in [5.74, 6) is -2.96. The number of β-amino-alcohol motifs (C(OH)–C–C–N with tert-alkyl or cyclic N) is 1. The SMILES string of the molecule is CC(N)=O.CC(O)C(NC(=O)NCc1nc(N2CC(O)CC2C(=O)O)no1)C(=O)O. The number of aliphatic hydroxyl groups is 2. The van der Waals surface area contributed by atoms with Crippen LogP contribution in [0.15, 0.2) is 4.52 Å². The van der Waals surface area contributed by atoms with Crippen molar-refractivity contribution in [3.63, 3.8) is 0 Å². The quantitative estimate of drug-likeness (QED) is 0.231. The van der Waals surface area contributed by atoms with Gasteiger partial charge in [0, 0.05) is 19.9 Å². The molecule has 0 bridgehead atoms. The van der Waals surface area contributed by atoms with Gasteiger partial charge >= 0.3 is 18.0 Å². The number of primary amides is 1. The van der Waals surface area contributed by atoms with Gasteiger partial charge in [-0.25, -0.2) is 14.4 Å².